The van der Waals surface area contributed by atoms with E-state index in [1.807, 2.05) is 78.9 Å². The Balaban J connectivity index is 1.75. The summed E-state index contributed by atoms with van der Waals surface area (Å²) in [6.45, 7) is 0. The van der Waals surface area contributed by atoms with Crippen LogP contribution in [0.15, 0.2) is 98.8 Å². The Kier molecular flexibility index (Phi) is 5.17. The van der Waals surface area contributed by atoms with Crippen LogP contribution in [-0.2, 0) is 0 Å². The lowest BCUT2D eigenvalue weighted by Crippen LogP contribution is -2.22. The summed E-state index contributed by atoms with van der Waals surface area (Å²) in [5.41, 5.74) is 2.64. The maximum Gasteiger partial charge on any atom is 0.270 e. The molecule has 152 valence electrons. The molecule has 0 bridgehead atoms. The van der Waals surface area contributed by atoms with E-state index in [0.29, 0.717) is 22.7 Å². The molecule has 0 unspecified atom stereocenters. The first kappa shape index (κ1) is 19.7. The number of hydrogen-bond acceptors (Lipinski definition) is 4. The summed E-state index contributed by atoms with van der Waals surface area (Å²) < 4.78 is 5.13. The molecule has 0 atom stereocenters. The Morgan fingerprint density at radius 1 is 0.774 bits per heavy atom. The molecule has 0 aliphatic carbocycles. The van der Waals surface area contributed by atoms with Crippen LogP contribution in [0.1, 0.15) is 0 Å². The van der Waals surface area contributed by atoms with Gasteiger partial charge in [-0.15, -0.1) is 0 Å². The fraction of sp³-hybridized carbons (Fsp3) is 0. The maximum atomic E-state index is 13.5. The number of hydrogen-bond donors (Lipinski definition) is 1. The molecule has 2 heterocycles. The van der Waals surface area contributed by atoms with E-state index in [9.17, 15) is 4.79 Å². The number of aromatic nitrogens is 4. The van der Waals surface area contributed by atoms with Crippen LogP contribution in [0.5, 0.6) is 0 Å². The molecule has 0 saturated carbocycles. The largest absolute Gasteiger partial charge is 0.325 e. The van der Waals surface area contributed by atoms with Crippen molar-refractivity contribution in [3.63, 3.8) is 0 Å². The predicted octanol–water partition coefficient (Wildman–Crippen LogP) is 5.84. The van der Waals surface area contributed by atoms with Gasteiger partial charge in [0.05, 0.1) is 17.6 Å². The van der Waals surface area contributed by atoms with Crippen molar-refractivity contribution in [3.05, 3.63) is 104 Å². The quantitative estimate of drug-likeness (QED) is 0.313. The number of nitrogens with zero attached hydrogens (tertiary/aromatic N) is 4. The standard InChI is InChI=1S/C23H15Br2N5O/c24-15-6-10-17(11-7-15)27-23-28-21-20(14-26-30(21)19-4-2-1-3-5-19)22(31)29(23)18-12-8-16(25)9-13-18/h1-14H,(H,27,28). The number of halogens is 2. The van der Waals surface area contributed by atoms with E-state index in [1.165, 1.54) is 0 Å². The van der Waals surface area contributed by atoms with Crippen molar-refractivity contribution in [2.45, 2.75) is 0 Å². The monoisotopic (exact) mass is 535 g/mol. The van der Waals surface area contributed by atoms with Gasteiger partial charge in [-0.25, -0.2) is 9.25 Å². The van der Waals surface area contributed by atoms with Gasteiger partial charge in [0.25, 0.3) is 5.56 Å². The Bertz CT molecular complexity index is 1430. The molecule has 5 aromatic rings. The minimum atomic E-state index is -0.200. The molecular weight excluding hydrogens is 522 g/mol. The van der Waals surface area contributed by atoms with E-state index in [0.717, 1.165) is 20.3 Å². The van der Waals surface area contributed by atoms with Crippen molar-refractivity contribution in [1.29, 1.82) is 0 Å². The minimum absolute atomic E-state index is 0.200. The first-order valence-electron chi connectivity index (χ1n) is 9.45. The molecule has 0 aliphatic rings. The second-order valence-corrected chi connectivity index (χ2v) is 8.64. The summed E-state index contributed by atoms with van der Waals surface area (Å²) in [5, 5.41) is 8.16. The number of para-hydroxylation sites is 1. The smallest absolute Gasteiger partial charge is 0.270 e. The van der Waals surface area contributed by atoms with Crippen LogP contribution in [0.3, 0.4) is 0 Å². The first-order chi connectivity index (χ1) is 15.1. The van der Waals surface area contributed by atoms with E-state index >= 15 is 0 Å². The molecule has 1 N–H and O–H groups in total. The van der Waals surface area contributed by atoms with E-state index in [4.69, 9.17) is 4.98 Å². The SMILES string of the molecule is O=c1c2cnn(-c3ccccc3)c2nc(Nc2ccc(Br)cc2)n1-c1ccc(Br)cc1. The molecule has 0 saturated heterocycles. The highest BCUT2D eigenvalue weighted by Gasteiger charge is 2.17. The lowest BCUT2D eigenvalue weighted by atomic mass is 10.3. The third kappa shape index (κ3) is 3.80. The average molecular weight is 537 g/mol. The van der Waals surface area contributed by atoms with Crippen molar-refractivity contribution in [1.82, 2.24) is 19.3 Å². The average Bonchev–Trinajstić information content (AvgIpc) is 3.21. The van der Waals surface area contributed by atoms with Gasteiger partial charge >= 0.3 is 0 Å². The highest BCUT2D eigenvalue weighted by molar-refractivity contribution is 9.10. The van der Waals surface area contributed by atoms with E-state index in [1.54, 1.807) is 15.4 Å². The molecule has 0 amide bonds. The second-order valence-electron chi connectivity index (χ2n) is 6.81. The van der Waals surface area contributed by atoms with Crippen LogP contribution in [0.2, 0.25) is 0 Å². The molecule has 0 fully saturated rings. The molecule has 0 aliphatic heterocycles. The number of benzene rings is 3. The van der Waals surface area contributed by atoms with Crippen LogP contribution in [0.25, 0.3) is 22.4 Å². The third-order valence-electron chi connectivity index (χ3n) is 4.79. The lowest BCUT2D eigenvalue weighted by molar-refractivity contribution is 0.888. The minimum Gasteiger partial charge on any atom is -0.325 e. The Labute approximate surface area is 194 Å². The second kappa shape index (κ2) is 8.13. The van der Waals surface area contributed by atoms with Gasteiger partial charge in [0.2, 0.25) is 5.95 Å². The maximum absolute atomic E-state index is 13.5. The molecule has 8 heteroatoms. The van der Waals surface area contributed by atoms with Gasteiger partial charge in [0.1, 0.15) is 5.39 Å². The van der Waals surface area contributed by atoms with E-state index in [-0.39, 0.29) is 5.56 Å². The van der Waals surface area contributed by atoms with Gasteiger partial charge in [-0.1, -0.05) is 50.1 Å². The summed E-state index contributed by atoms with van der Waals surface area (Å²) in [7, 11) is 0. The molecule has 2 aromatic heterocycles. The molecule has 6 nitrogen and oxygen atoms in total. The normalized spacial score (nSPS) is 11.0. The van der Waals surface area contributed by atoms with Crippen molar-refractivity contribution in [2.75, 3.05) is 5.32 Å². The summed E-state index contributed by atoms with van der Waals surface area (Å²) in [5.74, 6) is 0.403. The van der Waals surface area contributed by atoms with Gasteiger partial charge in [0, 0.05) is 14.6 Å². The zero-order valence-corrected chi connectivity index (χ0v) is 19.2. The molecule has 5 rings (SSSR count). The fourth-order valence-electron chi connectivity index (χ4n) is 3.30. The van der Waals surface area contributed by atoms with Crippen molar-refractivity contribution < 1.29 is 0 Å². The fourth-order valence-corrected chi connectivity index (χ4v) is 3.83. The molecule has 0 spiro atoms. The molecule has 0 radical (unpaired) electrons. The summed E-state index contributed by atoms with van der Waals surface area (Å²) in [4.78, 5) is 18.4. The van der Waals surface area contributed by atoms with Crippen LogP contribution in [0.4, 0.5) is 11.6 Å². The number of anilines is 2. The number of rotatable bonds is 4. The molecule has 31 heavy (non-hydrogen) atoms. The van der Waals surface area contributed by atoms with Crippen LogP contribution in [-0.4, -0.2) is 19.3 Å². The zero-order chi connectivity index (χ0) is 21.4. The van der Waals surface area contributed by atoms with Crippen LogP contribution < -0.4 is 10.9 Å². The topological polar surface area (TPSA) is 64.7 Å². The molecule has 3 aromatic carbocycles. The summed E-state index contributed by atoms with van der Waals surface area (Å²) in [6, 6.07) is 24.8. The van der Waals surface area contributed by atoms with Crippen molar-refractivity contribution in [2.24, 2.45) is 0 Å². The first-order valence-corrected chi connectivity index (χ1v) is 11.0. The van der Waals surface area contributed by atoms with Gasteiger partial charge in [0.15, 0.2) is 5.65 Å². The van der Waals surface area contributed by atoms with E-state index in [2.05, 4.69) is 42.3 Å². The zero-order valence-electron chi connectivity index (χ0n) is 16.0. The van der Waals surface area contributed by atoms with Gasteiger partial charge in [-0.05, 0) is 60.7 Å². The lowest BCUT2D eigenvalue weighted by Gasteiger charge is -2.15. The summed E-state index contributed by atoms with van der Waals surface area (Å²) in [6.07, 6.45) is 1.57. The van der Waals surface area contributed by atoms with Gasteiger partial charge < -0.3 is 5.32 Å². The van der Waals surface area contributed by atoms with Crippen LogP contribution in [0, 0.1) is 0 Å². The Morgan fingerprint density at radius 3 is 2.10 bits per heavy atom. The number of nitrogens with one attached hydrogen (secondary N) is 1. The van der Waals surface area contributed by atoms with Crippen molar-refractivity contribution in [3.8, 4) is 11.4 Å². The highest BCUT2D eigenvalue weighted by Crippen LogP contribution is 2.23. The van der Waals surface area contributed by atoms with Gasteiger partial charge in [-0.2, -0.15) is 10.1 Å². The van der Waals surface area contributed by atoms with Gasteiger partial charge in [-0.3, -0.25) is 4.79 Å². The van der Waals surface area contributed by atoms with E-state index < -0.39 is 0 Å². The number of fused-ring (bicyclic) bond motifs is 1. The Hall–Kier alpha value is -3.23. The highest BCUT2D eigenvalue weighted by atomic mass is 79.9. The van der Waals surface area contributed by atoms with Crippen LogP contribution >= 0.6 is 31.9 Å². The predicted molar refractivity (Wildman–Crippen MR) is 130 cm³/mol. The molecular formula is C23H15Br2N5O. The van der Waals surface area contributed by atoms with Crippen molar-refractivity contribution >= 4 is 54.5 Å². The Morgan fingerprint density at radius 2 is 1.42 bits per heavy atom. The third-order valence-corrected chi connectivity index (χ3v) is 5.84. The summed E-state index contributed by atoms with van der Waals surface area (Å²) >= 11 is 6.90.